The summed E-state index contributed by atoms with van der Waals surface area (Å²) in [5, 5.41) is 0. The Morgan fingerprint density at radius 3 is 2.40 bits per heavy atom. The van der Waals surface area contributed by atoms with Gasteiger partial charge in [-0.3, -0.25) is 0 Å². The third-order valence-electron chi connectivity index (χ3n) is 3.67. The van der Waals surface area contributed by atoms with Gasteiger partial charge in [0.2, 0.25) is 0 Å². The molecular weight excluding hydrogens is 180 g/mol. The van der Waals surface area contributed by atoms with Crippen molar-refractivity contribution in [2.75, 3.05) is 0 Å². The number of hydrogen-bond acceptors (Lipinski definition) is 0. The van der Waals surface area contributed by atoms with Crippen LogP contribution in [0, 0.1) is 6.42 Å². The molecule has 2 aliphatic carbocycles. The van der Waals surface area contributed by atoms with Crippen LogP contribution in [0.25, 0.3) is 0 Å². The Balaban J connectivity index is 1.92. The Morgan fingerprint density at radius 1 is 0.867 bits per heavy atom. The van der Waals surface area contributed by atoms with Gasteiger partial charge in [-0.05, 0) is 28.7 Å². The summed E-state index contributed by atoms with van der Waals surface area (Å²) in [4.78, 5) is 0. The largest absolute Gasteiger partial charge is 0.0620 e. The Labute approximate surface area is 89.6 Å². The molecule has 1 unspecified atom stereocenters. The third kappa shape index (κ3) is 0.753. The van der Waals surface area contributed by atoms with Crippen LogP contribution in [-0.4, -0.2) is 0 Å². The Kier molecular flexibility index (Phi) is 1.19. The fraction of sp³-hybridized carbons (Fsp3) is 0.133. The maximum absolute atomic E-state index is 3.59. The standard InChI is InChI=1S/C15H10/c1-3-7-13-11(5-1)9-15(13)10-12-6-2-4-8-14(12)15/h1-8H,9H2. The van der Waals surface area contributed by atoms with Crippen LogP contribution in [0.5, 0.6) is 0 Å². The normalized spacial score (nSPS) is 18.7. The van der Waals surface area contributed by atoms with Crippen molar-refractivity contribution < 1.29 is 0 Å². The topological polar surface area (TPSA) is 0 Å². The first-order valence-corrected chi connectivity index (χ1v) is 5.36. The molecule has 0 fully saturated rings. The molecule has 0 amide bonds. The van der Waals surface area contributed by atoms with E-state index in [2.05, 4.69) is 55.0 Å². The highest BCUT2D eigenvalue weighted by atomic mass is 14.5. The molecule has 0 saturated heterocycles. The first-order valence-electron chi connectivity index (χ1n) is 5.36. The molecule has 1 atom stereocenters. The molecule has 15 heavy (non-hydrogen) atoms. The van der Waals surface area contributed by atoms with Gasteiger partial charge in [-0.1, -0.05) is 48.5 Å². The van der Waals surface area contributed by atoms with Gasteiger partial charge in [0.1, 0.15) is 0 Å². The van der Waals surface area contributed by atoms with Crippen molar-refractivity contribution in [2.24, 2.45) is 0 Å². The third-order valence-corrected chi connectivity index (χ3v) is 3.67. The lowest BCUT2D eigenvalue weighted by molar-refractivity contribution is 0.483. The van der Waals surface area contributed by atoms with Gasteiger partial charge in [0.05, 0.1) is 0 Å². The lowest BCUT2D eigenvalue weighted by Crippen LogP contribution is -2.47. The van der Waals surface area contributed by atoms with Crippen LogP contribution < -0.4 is 0 Å². The predicted molar refractivity (Wildman–Crippen MR) is 59.7 cm³/mol. The quantitative estimate of drug-likeness (QED) is 0.599. The molecule has 0 heterocycles. The van der Waals surface area contributed by atoms with Crippen LogP contribution in [0.15, 0.2) is 48.5 Å². The Hall–Kier alpha value is -1.56. The molecule has 70 valence electrons. The van der Waals surface area contributed by atoms with E-state index in [0.29, 0.717) is 0 Å². The van der Waals surface area contributed by atoms with E-state index in [4.69, 9.17) is 0 Å². The van der Waals surface area contributed by atoms with Crippen LogP contribution >= 0.6 is 0 Å². The van der Waals surface area contributed by atoms with Crippen molar-refractivity contribution in [3.05, 3.63) is 77.2 Å². The summed E-state index contributed by atoms with van der Waals surface area (Å²) in [6, 6.07) is 17.3. The molecule has 2 aromatic carbocycles. The van der Waals surface area contributed by atoms with Crippen molar-refractivity contribution in [1.29, 1.82) is 0 Å². The zero-order valence-electron chi connectivity index (χ0n) is 8.33. The fourth-order valence-corrected chi connectivity index (χ4v) is 2.92. The molecule has 0 heteroatoms. The molecule has 0 bridgehead atoms. The fourth-order valence-electron chi connectivity index (χ4n) is 2.92. The first-order chi connectivity index (χ1) is 7.40. The zero-order valence-corrected chi connectivity index (χ0v) is 8.33. The molecule has 4 rings (SSSR count). The number of benzene rings is 2. The van der Waals surface area contributed by atoms with E-state index in [-0.39, 0.29) is 5.41 Å². The van der Waals surface area contributed by atoms with E-state index in [1.54, 1.807) is 0 Å². The van der Waals surface area contributed by atoms with Gasteiger partial charge in [0.25, 0.3) is 0 Å². The van der Waals surface area contributed by atoms with Crippen molar-refractivity contribution in [2.45, 2.75) is 11.8 Å². The average Bonchev–Trinajstić information content (AvgIpc) is 2.21. The lowest BCUT2D eigenvalue weighted by Gasteiger charge is -2.51. The Bertz CT molecular complexity index is 500. The van der Waals surface area contributed by atoms with Gasteiger partial charge in [-0.2, -0.15) is 0 Å². The molecule has 0 N–H and O–H groups in total. The maximum Gasteiger partial charge on any atom is 0.0364 e. The number of rotatable bonds is 0. The predicted octanol–water partition coefficient (Wildman–Crippen LogP) is 2.97. The van der Waals surface area contributed by atoms with E-state index in [1.165, 1.54) is 22.3 Å². The van der Waals surface area contributed by atoms with E-state index in [9.17, 15) is 0 Å². The van der Waals surface area contributed by atoms with Crippen molar-refractivity contribution in [3.63, 3.8) is 0 Å². The molecule has 2 aliphatic rings. The minimum absolute atomic E-state index is 0.160. The molecule has 0 nitrogen and oxygen atoms in total. The molecule has 0 aromatic heterocycles. The smallest absolute Gasteiger partial charge is 0.0364 e. The highest BCUT2D eigenvalue weighted by Crippen LogP contribution is 2.56. The first kappa shape index (κ1) is 7.70. The second kappa shape index (κ2) is 2.33. The average molecular weight is 190 g/mol. The summed E-state index contributed by atoms with van der Waals surface area (Å²) < 4.78 is 0. The van der Waals surface area contributed by atoms with Gasteiger partial charge in [-0.25, -0.2) is 0 Å². The summed E-state index contributed by atoms with van der Waals surface area (Å²) in [5.74, 6) is 0. The van der Waals surface area contributed by atoms with E-state index >= 15 is 0 Å². The van der Waals surface area contributed by atoms with Gasteiger partial charge < -0.3 is 0 Å². The van der Waals surface area contributed by atoms with Crippen LogP contribution in [0.1, 0.15) is 22.3 Å². The molecule has 0 saturated carbocycles. The van der Waals surface area contributed by atoms with Crippen LogP contribution in [0.3, 0.4) is 0 Å². The van der Waals surface area contributed by atoms with Gasteiger partial charge in [0, 0.05) is 11.8 Å². The van der Waals surface area contributed by atoms with Crippen molar-refractivity contribution in [1.82, 2.24) is 0 Å². The maximum atomic E-state index is 3.59. The van der Waals surface area contributed by atoms with Crippen molar-refractivity contribution in [3.8, 4) is 0 Å². The molecule has 2 radical (unpaired) electrons. The molecule has 1 spiro atoms. The van der Waals surface area contributed by atoms with E-state index in [1.807, 2.05) is 0 Å². The highest BCUT2D eigenvalue weighted by molar-refractivity contribution is 5.68. The van der Waals surface area contributed by atoms with Crippen molar-refractivity contribution >= 4 is 0 Å². The summed E-state index contributed by atoms with van der Waals surface area (Å²) in [6.07, 6.45) is 4.73. The van der Waals surface area contributed by atoms with Crippen LogP contribution in [-0.2, 0) is 11.8 Å². The summed E-state index contributed by atoms with van der Waals surface area (Å²) >= 11 is 0. The minimum Gasteiger partial charge on any atom is -0.0620 e. The monoisotopic (exact) mass is 190 g/mol. The minimum atomic E-state index is 0.160. The zero-order chi connectivity index (χ0) is 9.88. The van der Waals surface area contributed by atoms with Gasteiger partial charge in [0.15, 0.2) is 0 Å². The summed E-state index contributed by atoms with van der Waals surface area (Å²) in [5.41, 5.74) is 5.87. The SMILES string of the molecule is [C]1c2ccccc2C12Cc1ccccc12. The number of fused-ring (bicyclic) bond motifs is 4. The molecule has 0 aliphatic heterocycles. The summed E-state index contributed by atoms with van der Waals surface area (Å²) in [6.45, 7) is 0. The lowest BCUT2D eigenvalue weighted by atomic mass is 9.50. The van der Waals surface area contributed by atoms with Gasteiger partial charge in [-0.15, -0.1) is 0 Å². The van der Waals surface area contributed by atoms with Crippen LogP contribution in [0.4, 0.5) is 0 Å². The molecule has 2 aromatic rings. The Morgan fingerprint density at radius 2 is 1.60 bits per heavy atom. The molecular formula is C15H10. The second-order valence-corrected chi connectivity index (χ2v) is 4.41. The summed E-state index contributed by atoms with van der Waals surface area (Å²) in [7, 11) is 0. The van der Waals surface area contributed by atoms with Gasteiger partial charge >= 0.3 is 0 Å². The second-order valence-electron chi connectivity index (χ2n) is 4.41. The highest BCUT2D eigenvalue weighted by Gasteiger charge is 2.51. The van der Waals surface area contributed by atoms with Crippen LogP contribution in [0.2, 0.25) is 0 Å². The van der Waals surface area contributed by atoms with E-state index < -0.39 is 0 Å². The van der Waals surface area contributed by atoms with E-state index in [0.717, 1.165) is 6.42 Å². The number of hydrogen-bond donors (Lipinski definition) is 0.